The van der Waals surface area contributed by atoms with E-state index in [-0.39, 0.29) is 23.4 Å². The minimum atomic E-state index is -0.384. The first-order chi connectivity index (χ1) is 15.3. The molecule has 4 rings (SSSR count). The van der Waals surface area contributed by atoms with Crippen molar-refractivity contribution in [1.29, 1.82) is 0 Å². The van der Waals surface area contributed by atoms with E-state index in [1.165, 1.54) is 5.69 Å². The summed E-state index contributed by atoms with van der Waals surface area (Å²) in [6.45, 7) is 6.63. The van der Waals surface area contributed by atoms with Crippen LogP contribution in [0.2, 0.25) is 5.02 Å². The highest BCUT2D eigenvalue weighted by Gasteiger charge is 2.50. The molecule has 3 aliphatic rings. The largest absolute Gasteiger partial charge is 0.462 e. The Labute approximate surface area is 196 Å². The van der Waals surface area contributed by atoms with Crippen LogP contribution < -0.4 is 4.90 Å². The standard InChI is InChI=1S/C24H35ClN4O3/c1-26(2)18-22(30)29-10-7-24(8-11-29)17-21(32-23(24)31)6-9-27-12-14-28(15-13-27)20-5-3-4-19(25)16-20/h3-5,16,21H,6-15,17-18H2,1-2H3. The van der Waals surface area contributed by atoms with Crippen LogP contribution >= 0.6 is 11.6 Å². The monoisotopic (exact) mass is 462 g/mol. The van der Waals surface area contributed by atoms with Crippen LogP contribution in [0.5, 0.6) is 0 Å². The van der Waals surface area contributed by atoms with Crippen molar-refractivity contribution in [2.24, 2.45) is 5.41 Å². The van der Waals surface area contributed by atoms with Crippen molar-refractivity contribution in [3.05, 3.63) is 29.3 Å². The zero-order valence-electron chi connectivity index (χ0n) is 19.3. The second-order valence-corrected chi connectivity index (χ2v) is 10.2. The van der Waals surface area contributed by atoms with E-state index in [1.807, 2.05) is 42.1 Å². The van der Waals surface area contributed by atoms with Crippen LogP contribution in [0.4, 0.5) is 5.69 Å². The molecule has 0 aliphatic carbocycles. The second kappa shape index (κ2) is 9.98. The summed E-state index contributed by atoms with van der Waals surface area (Å²) in [6.07, 6.45) is 3.12. The topological polar surface area (TPSA) is 56.3 Å². The van der Waals surface area contributed by atoms with Crippen LogP contribution in [0, 0.1) is 5.41 Å². The lowest BCUT2D eigenvalue weighted by Gasteiger charge is -2.37. The molecule has 1 unspecified atom stereocenters. The summed E-state index contributed by atoms with van der Waals surface area (Å²) in [5.74, 6) is 0.0951. The number of hydrogen-bond acceptors (Lipinski definition) is 6. The maximum Gasteiger partial charge on any atom is 0.312 e. The summed E-state index contributed by atoms with van der Waals surface area (Å²) in [6, 6.07) is 8.03. The number of rotatable bonds is 6. The molecule has 0 saturated carbocycles. The number of carbonyl (C=O) groups is 2. The molecule has 1 spiro atoms. The van der Waals surface area contributed by atoms with Crippen molar-refractivity contribution in [3.63, 3.8) is 0 Å². The summed E-state index contributed by atoms with van der Waals surface area (Å²) in [5.41, 5.74) is 0.796. The number of benzene rings is 1. The first kappa shape index (κ1) is 23.3. The van der Waals surface area contributed by atoms with Gasteiger partial charge in [-0.25, -0.2) is 0 Å². The molecule has 1 aromatic carbocycles. The molecule has 1 amide bonds. The summed E-state index contributed by atoms with van der Waals surface area (Å²) in [4.78, 5) is 33.7. The third-order valence-corrected chi connectivity index (χ3v) is 7.40. The van der Waals surface area contributed by atoms with Crippen molar-refractivity contribution < 1.29 is 14.3 Å². The highest BCUT2D eigenvalue weighted by molar-refractivity contribution is 6.30. The van der Waals surface area contributed by atoms with Gasteiger partial charge in [-0.15, -0.1) is 0 Å². The van der Waals surface area contributed by atoms with E-state index < -0.39 is 0 Å². The van der Waals surface area contributed by atoms with Gasteiger partial charge in [-0.2, -0.15) is 0 Å². The number of piperidine rings is 1. The van der Waals surface area contributed by atoms with Crippen LogP contribution in [0.1, 0.15) is 25.7 Å². The van der Waals surface area contributed by atoms with Crippen LogP contribution in [0.3, 0.4) is 0 Å². The van der Waals surface area contributed by atoms with Crippen LogP contribution in [0.15, 0.2) is 24.3 Å². The molecule has 176 valence electrons. The quantitative estimate of drug-likeness (QED) is 0.605. The van der Waals surface area contributed by atoms with E-state index in [1.54, 1.807) is 0 Å². The average molecular weight is 463 g/mol. The number of halogens is 1. The van der Waals surface area contributed by atoms with Gasteiger partial charge in [0.15, 0.2) is 0 Å². The minimum absolute atomic E-state index is 0.00233. The SMILES string of the molecule is CN(C)CC(=O)N1CCC2(CC1)CC(CCN1CCN(c3cccc(Cl)c3)CC1)OC2=O. The molecule has 1 atom stereocenters. The zero-order chi connectivity index (χ0) is 22.7. The number of cyclic esters (lactones) is 1. The molecule has 0 N–H and O–H groups in total. The fraction of sp³-hybridized carbons (Fsp3) is 0.667. The molecule has 3 heterocycles. The van der Waals surface area contributed by atoms with E-state index >= 15 is 0 Å². The number of esters is 1. The number of hydrogen-bond donors (Lipinski definition) is 0. The van der Waals surface area contributed by atoms with E-state index in [9.17, 15) is 9.59 Å². The zero-order valence-corrected chi connectivity index (χ0v) is 20.0. The number of anilines is 1. The third kappa shape index (κ3) is 5.38. The molecule has 1 aromatic rings. The molecule has 0 bridgehead atoms. The van der Waals surface area contributed by atoms with Gasteiger partial charge in [-0.05, 0) is 51.6 Å². The molecule has 3 aliphatic heterocycles. The normalized spacial score (nSPS) is 23.8. The molecule has 0 radical (unpaired) electrons. The number of carbonyl (C=O) groups excluding carboxylic acids is 2. The van der Waals surface area contributed by atoms with Crippen molar-refractivity contribution in [2.45, 2.75) is 31.8 Å². The van der Waals surface area contributed by atoms with Crippen molar-refractivity contribution in [2.75, 3.05) is 71.4 Å². The van der Waals surface area contributed by atoms with Crippen LogP contribution in [0.25, 0.3) is 0 Å². The van der Waals surface area contributed by atoms with Crippen molar-refractivity contribution >= 4 is 29.2 Å². The average Bonchev–Trinajstić information content (AvgIpc) is 3.07. The fourth-order valence-electron chi connectivity index (χ4n) is 5.19. The maximum absolute atomic E-state index is 12.7. The number of amides is 1. The van der Waals surface area contributed by atoms with Gasteiger partial charge in [0.1, 0.15) is 6.10 Å². The summed E-state index contributed by atoms with van der Waals surface area (Å²) in [7, 11) is 3.80. The van der Waals surface area contributed by atoms with Gasteiger partial charge in [-0.3, -0.25) is 14.5 Å². The lowest BCUT2D eigenvalue weighted by Crippen LogP contribution is -2.47. The molecular weight excluding hydrogens is 428 g/mol. The summed E-state index contributed by atoms with van der Waals surface area (Å²) in [5, 5.41) is 0.773. The Morgan fingerprint density at radius 3 is 2.53 bits per heavy atom. The summed E-state index contributed by atoms with van der Waals surface area (Å²) < 4.78 is 5.81. The minimum Gasteiger partial charge on any atom is -0.462 e. The number of ether oxygens (including phenoxy) is 1. The molecule has 0 aromatic heterocycles. The lowest BCUT2D eigenvalue weighted by atomic mass is 9.75. The van der Waals surface area contributed by atoms with E-state index in [0.29, 0.717) is 19.6 Å². The van der Waals surface area contributed by atoms with Gasteiger partial charge in [0, 0.05) is 62.9 Å². The predicted molar refractivity (Wildman–Crippen MR) is 126 cm³/mol. The Morgan fingerprint density at radius 1 is 1.16 bits per heavy atom. The summed E-state index contributed by atoms with van der Waals surface area (Å²) >= 11 is 6.13. The molecular formula is C24H35ClN4O3. The van der Waals surface area contributed by atoms with Crippen LogP contribution in [-0.2, 0) is 14.3 Å². The van der Waals surface area contributed by atoms with Crippen molar-refractivity contribution in [1.82, 2.24) is 14.7 Å². The number of likely N-dealkylation sites (N-methyl/N-ethyl adjacent to an activating group) is 1. The first-order valence-electron chi connectivity index (χ1n) is 11.7. The Morgan fingerprint density at radius 2 is 1.88 bits per heavy atom. The number of likely N-dealkylation sites (tertiary alicyclic amines) is 1. The Kier molecular flexibility index (Phi) is 7.27. The van der Waals surface area contributed by atoms with E-state index in [0.717, 1.165) is 63.4 Å². The van der Waals surface area contributed by atoms with E-state index in [4.69, 9.17) is 16.3 Å². The number of piperazine rings is 1. The Bertz CT molecular complexity index is 817. The fourth-order valence-corrected chi connectivity index (χ4v) is 5.37. The molecule has 3 saturated heterocycles. The van der Waals surface area contributed by atoms with Gasteiger partial charge >= 0.3 is 5.97 Å². The van der Waals surface area contributed by atoms with Gasteiger partial charge in [0.05, 0.1) is 12.0 Å². The smallest absolute Gasteiger partial charge is 0.312 e. The Hall–Kier alpha value is -1.83. The van der Waals surface area contributed by atoms with Crippen LogP contribution in [-0.4, -0.2) is 99.1 Å². The van der Waals surface area contributed by atoms with Gasteiger partial charge in [0.25, 0.3) is 0 Å². The highest BCUT2D eigenvalue weighted by Crippen LogP contribution is 2.44. The molecule has 8 heteroatoms. The van der Waals surface area contributed by atoms with E-state index in [2.05, 4.69) is 15.9 Å². The first-order valence-corrected chi connectivity index (χ1v) is 12.1. The predicted octanol–water partition coefficient (Wildman–Crippen LogP) is 2.34. The van der Waals surface area contributed by atoms with Crippen molar-refractivity contribution in [3.8, 4) is 0 Å². The number of nitrogens with zero attached hydrogens (tertiary/aromatic N) is 4. The molecule has 3 fully saturated rings. The highest BCUT2D eigenvalue weighted by atomic mass is 35.5. The molecule has 7 nitrogen and oxygen atoms in total. The maximum atomic E-state index is 12.7. The van der Waals surface area contributed by atoms with Gasteiger partial charge in [-0.1, -0.05) is 17.7 Å². The van der Waals surface area contributed by atoms with Gasteiger partial charge < -0.3 is 19.4 Å². The molecule has 32 heavy (non-hydrogen) atoms. The third-order valence-electron chi connectivity index (χ3n) is 7.16. The lowest BCUT2D eigenvalue weighted by molar-refractivity contribution is -0.152. The second-order valence-electron chi connectivity index (χ2n) is 9.73. The van der Waals surface area contributed by atoms with Gasteiger partial charge in [0.2, 0.25) is 5.91 Å². The Balaban J connectivity index is 1.21.